The average molecular weight is 367 g/mol. The molecule has 1 heterocycles. The largest absolute Gasteiger partial charge is 0.465 e. The van der Waals surface area contributed by atoms with Gasteiger partial charge in [0.1, 0.15) is 6.54 Å². The van der Waals surface area contributed by atoms with Gasteiger partial charge in [-0.15, -0.1) is 0 Å². The summed E-state index contributed by atoms with van der Waals surface area (Å²) in [6.07, 6.45) is 0. The molecule has 0 aliphatic heterocycles. The summed E-state index contributed by atoms with van der Waals surface area (Å²) in [7, 11) is -0.599. The van der Waals surface area contributed by atoms with Crippen molar-refractivity contribution in [1.29, 1.82) is 0 Å². The van der Waals surface area contributed by atoms with Crippen LogP contribution in [0, 0.1) is 6.92 Å². The fraction of sp³-hybridized carbons (Fsp3) is 0.375. The fourth-order valence-corrected chi connectivity index (χ4v) is 3.21. The summed E-state index contributed by atoms with van der Waals surface area (Å²) in [4.78, 5) is 24.0. The lowest BCUT2D eigenvalue weighted by atomic mass is 10.1. The lowest BCUT2D eigenvalue weighted by Gasteiger charge is -2.11. The third-order valence-electron chi connectivity index (χ3n) is 3.70. The Morgan fingerprint density at radius 1 is 1.24 bits per heavy atom. The maximum absolute atomic E-state index is 12.2. The van der Waals surface area contributed by atoms with E-state index in [4.69, 9.17) is 4.74 Å². The highest BCUT2D eigenvalue weighted by Crippen LogP contribution is 2.22. The topological polar surface area (TPSA) is 101 Å². The lowest BCUT2D eigenvalue weighted by molar-refractivity contribution is -0.144. The molecule has 0 spiro atoms. The van der Waals surface area contributed by atoms with E-state index in [0.717, 1.165) is 4.31 Å². The average Bonchev–Trinajstić information content (AvgIpc) is 2.83. The Balaban J connectivity index is 2.37. The van der Waals surface area contributed by atoms with Gasteiger partial charge in [0.15, 0.2) is 0 Å². The lowest BCUT2D eigenvalue weighted by Crippen LogP contribution is -2.24. The standard InChI is InChI=1S/C16H21N3O5S/c1-5-24-14(20)10-19-16(21)11(2)15(17-19)12-6-8-13(9-7-12)25(22,23)18(3)4/h6-9,17H,5,10H2,1-4H3. The van der Waals surface area contributed by atoms with Crippen LogP contribution in [0.4, 0.5) is 0 Å². The molecule has 1 aromatic heterocycles. The molecule has 0 radical (unpaired) electrons. The molecule has 1 aromatic carbocycles. The number of ether oxygens (including phenoxy) is 1. The summed E-state index contributed by atoms with van der Waals surface area (Å²) in [6, 6.07) is 6.18. The van der Waals surface area contributed by atoms with Gasteiger partial charge in [0.25, 0.3) is 5.56 Å². The zero-order chi connectivity index (χ0) is 18.8. The van der Waals surface area contributed by atoms with Gasteiger partial charge >= 0.3 is 5.97 Å². The zero-order valence-corrected chi connectivity index (χ0v) is 15.4. The highest BCUT2D eigenvalue weighted by molar-refractivity contribution is 7.89. The van der Waals surface area contributed by atoms with Crippen molar-refractivity contribution in [2.24, 2.45) is 0 Å². The number of nitrogens with zero attached hydrogens (tertiary/aromatic N) is 2. The molecule has 25 heavy (non-hydrogen) atoms. The maximum atomic E-state index is 12.2. The fourth-order valence-electron chi connectivity index (χ4n) is 2.31. The molecule has 0 amide bonds. The minimum Gasteiger partial charge on any atom is -0.465 e. The Kier molecular flexibility index (Phi) is 5.48. The first kappa shape index (κ1) is 18.9. The Hall–Kier alpha value is -2.39. The number of carbonyl (C=O) groups excluding carboxylic acids is 1. The molecule has 8 nitrogen and oxygen atoms in total. The summed E-state index contributed by atoms with van der Waals surface area (Å²) in [5.74, 6) is -0.509. The van der Waals surface area contributed by atoms with Crippen LogP contribution < -0.4 is 5.56 Å². The maximum Gasteiger partial charge on any atom is 0.327 e. The van der Waals surface area contributed by atoms with Gasteiger partial charge in [-0.3, -0.25) is 14.7 Å². The van der Waals surface area contributed by atoms with Crippen molar-refractivity contribution in [2.75, 3.05) is 20.7 Å². The molecule has 0 saturated heterocycles. The summed E-state index contributed by atoms with van der Waals surface area (Å²) in [6.45, 7) is 3.36. The number of nitrogens with one attached hydrogen (secondary N) is 1. The zero-order valence-electron chi connectivity index (χ0n) is 14.6. The van der Waals surface area contributed by atoms with Gasteiger partial charge in [0.05, 0.1) is 17.2 Å². The van der Waals surface area contributed by atoms with E-state index in [1.807, 2.05) is 0 Å². The number of esters is 1. The second-order valence-electron chi connectivity index (χ2n) is 5.62. The van der Waals surface area contributed by atoms with Gasteiger partial charge in [-0.05, 0) is 31.5 Å². The van der Waals surface area contributed by atoms with Crippen LogP contribution in [-0.4, -0.2) is 49.2 Å². The Bertz CT molecular complexity index is 924. The molecule has 2 rings (SSSR count). The molecule has 0 fully saturated rings. The first-order chi connectivity index (χ1) is 11.7. The minimum absolute atomic E-state index is 0.159. The van der Waals surface area contributed by atoms with E-state index < -0.39 is 16.0 Å². The number of rotatable bonds is 6. The summed E-state index contributed by atoms with van der Waals surface area (Å²) in [5.41, 5.74) is 1.29. The summed E-state index contributed by atoms with van der Waals surface area (Å²) in [5, 5.41) is 2.88. The quantitative estimate of drug-likeness (QED) is 0.767. The van der Waals surface area contributed by atoms with E-state index in [1.54, 1.807) is 26.0 Å². The number of sulfonamides is 1. The third-order valence-corrected chi connectivity index (χ3v) is 5.53. The molecule has 1 N–H and O–H groups in total. The molecule has 0 atom stereocenters. The SMILES string of the molecule is CCOC(=O)Cn1[nH]c(-c2ccc(S(=O)(=O)N(C)C)cc2)c(C)c1=O. The second-order valence-corrected chi connectivity index (χ2v) is 7.77. The van der Waals surface area contributed by atoms with Gasteiger partial charge in [0, 0.05) is 19.7 Å². The van der Waals surface area contributed by atoms with Crippen molar-refractivity contribution >= 4 is 16.0 Å². The highest BCUT2D eigenvalue weighted by atomic mass is 32.2. The predicted molar refractivity (Wildman–Crippen MR) is 92.7 cm³/mol. The number of hydrogen-bond donors (Lipinski definition) is 1. The Morgan fingerprint density at radius 2 is 1.84 bits per heavy atom. The van der Waals surface area contributed by atoms with Crippen LogP contribution in [0.2, 0.25) is 0 Å². The first-order valence-corrected chi connectivity index (χ1v) is 9.10. The van der Waals surface area contributed by atoms with Crippen molar-refractivity contribution in [3.05, 3.63) is 40.2 Å². The predicted octanol–water partition coefficient (Wildman–Crippen LogP) is 0.965. The number of aromatic amines is 1. The van der Waals surface area contributed by atoms with E-state index in [2.05, 4.69) is 5.10 Å². The molecule has 0 aliphatic rings. The Labute approximate surface area is 146 Å². The van der Waals surface area contributed by atoms with E-state index in [9.17, 15) is 18.0 Å². The molecule has 2 aromatic rings. The van der Waals surface area contributed by atoms with Crippen LogP contribution in [0.1, 0.15) is 12.5 Å². The number of aromatic nitrogens is 2. The minimum atomic E-state index is -3.52. The van der Waals surface area contributed by atoms with Crippen LogP contribution in [0.3, 0.4) is 0 Å². The summed E-state index contributed by atoms with van der Waals surface area (Å²) < 4.78 is 31.3. The number of H-pyrrole nitrogens is 1. The number of hydrogen-bond acceptors (Lipinski definition) is 5. The molecular formula is C16H21N3O5S. The molecule has 0 saturated carbocycles. The Morgan fingerprint density at radius 3 is 2.36 bits per heavy atom. The van der Waals surface area contributed by atoms with Gasteiger partial charge in [-0.2, -0.15) is 0 Å². The number of benzene rings is 1. The van der Waals surface area contributed by atoms with Crippen molar-refractivity contribution in [3.8, 4) is 11.3 Å². The van der Waals surface area contributed by atoms with Gasteiger partial charge in [0.2, 0.25) is 10.0 Å². The molecule has 9 heteroatoms. The molecular weight excluding hydrogens is 346 g/mol. The van der Waals surface area contributed by atoms with Crippen LogP contribution in [0.15, 0.2) is 34.0 Å². The van der Waals surface area contributed by atoms with Gasteiger partial charge in [-0.25, -0.2) is 17.4 Å². The summed E-state index contributed by atoms with van der Waals surface area (Å²) >= 11 is 0. The van der Waals surface area contributed by atoms with E-state index in [-0.39, 0.29) is 23.6 Å². The molecule has 0 bridgehead atoms. The van der Waals surface area contributed by atoms with E-state index in [0.29, 0.717) is 16.8 Å². The molecule has 136 valence electrons. The van der Waals surface area contributed by atoms with Crippen LogP contribution in [0.5, 0.6) is 0 Å². The normalized spacial score (nSPS) is 11.7. The molecule has 0 unspecified atom stereocenters. The van der Waals surface area contributed by atoms with Crippen molar-refractivity contribution in [3.63, 3.8) is 0 Å². The second kappa shape index (κ2) is 7.24. The van der Waals surface area contributed by atoms with Crippen molar-refractivity contribution in [2.45, 2.75) is 25.3 Å². The third kappa shape index (κ3) is 3.83. The number of carbonyl (C=O) groups is 1. The van der Waals surface area contributed by atoms with Crippen LogP contribution in [0.25, 0.3) is 11.3 Å². The van der Waals surface area contributed by atoms with Crippen molar-refractivity contribution in [1.82, 2.24) is 14.1 Å². The first-order valence-electron chi connectivity index (χ1n) is 7.66. The smallest absolute Gasteiger partial charge is 0.327 e. The van der Waals surface area contributed by atoms with E-state index >= 15 is 0 Å². The van der Waals surface area contributed by atoms with Crippen LogP contribution >= 0.6 is 0 Å². The monoisotopic (exact) mass is 367 g/mol. The van der Waals surface area contributed by atoms with Gasteiger partial charge < -0.3 is 4.74 Å². The molecule has 0 aliphatic carbocycles. The highest BCUT2D eigenvalue weighted by Gasteiger charge is 2.18. The van der Waals surface area contributed by atoms with Gasteiger partial charge in [-0.1, -0.05) is 12.1 Å². The van der Waals surface area contributed by atoms with Crippen LogP contribution in [-0.2, 0) is 26.1 Å². The van der Waals surface area contributed by atoms with Crippen molar-refractivity contribution < 1.29 is 17.9 Å². The van der Waals surface area contributed by atoms with E-state index in [1.165, 1.54) is 30.9 Å².